The fourth-order valence-electron chi connectivity index (χ4n) is 5.71. The molecule has 36 heavy (non-hydrogen) atoms. The van der Waals surface area contributed by atoms with E-state index in [9.17, 15) is 9.90 Å². The highest BCUT2D eigenvalue weighted by molar-refractivity contribution is 6.06. The standard InChI is InChI=1S/C30H38N4O2/c1-21(23-8-4-2-5-9-23)32-29(35)24-12-15-28-26(18-24)27(30(36)33-28)19-31-25-13-10-22(11-14-25)20-34-16-6-3-7-17-34/h10-15,18-19,21,23,33,36H,2-9,16-17,20H2,1H3,(H,32,35)/t21-/m1/s1. The number of fused-ring (bicyclic) bond motifs is 1. The molecule has 1 aliphatic carbocycles. The Morgan fingerprint density at radius 2 is 1.81 bits per heavy atom. The number of nitrogens with zero attached hydrogens (tertiary/aromatic N) is 2. The molecule has 2 aromatic carbocycles. The number of H-pyrrole nitrogens is 1. The number of piperidine rings is 1. The van der Waals surface area contributed by atoms with E-state index >= 15 is 0 Å². The average molecular weight is 487 g/mol. The first-order valence-electron chi connectivity index (χ1n) is 13.6. The second-order valence-electron chi connectivity index (χ2n) is 10.6. The van der Waals surface area contributed by atoms with Crippen molar-refractivity contribution in [1.82, 2.24) is 15.2 Å². The van der Waals surface area contributed by atoms with Crippen LogP contribution in [0.5, 0.6) is 5.88 Å². The van der Waals surface area contributed by atoms with Crippen LogP contribution in [-0.4, -0.2) is 46.2 Å². The summed E-state index contributed by atoms with van der Waals surface area (Å²) in [7, 11) is 0. The molecule has 1 saturated carbocycles. The Morgan fingerprint density at radius 1 is 1.08 bits per heavy atom. The van der Waals surface area contributed by atoms with Crippen LogP contribution < -0.4 is 5.32 Å². The summed E-state index contributed by atoms with van der Waals surface area (Å²) >= 11 is 0. The molecule has 1 aliphatic heterocycles. The molecule has 0 unspecified atom stereocenters. The first-order chi connectivity index (χ1) is 17.6. The number of aromatic amines is 1. The number of rotatable bonds is 7. The van der Waals surface area contributed by atoms with Gasteiger partial charge in [0.1, 0.15) is 0 Å². The molecule has 190 valence electrons. The molecule has 6 nitrogen and oxygen atoms in total. The summed E-state index contributed by atoms with van der Waals surface area (Å²) in [6, 6.07) is 14.0. The minimum absolute atomic E-state index is 0.0589. The molecular formula is C30H38N4O2. The number of aromatic hydroxyl groups is 1. The van der Waals surface area contributed by atoms with Crippen molar-refractivity contribution in [3.63, 3.8) is 0 Å². The largest absolute Gasteiger partial charge is 0.494 e. The summed E-state index contributed by atoms with van der Waals surface area (Å²) in [6.07, 6.45) is 11.8. The number of carbonyl (C=O) groups excluding carboxylic acids is 1. The van der Waals surface area contributed by atoms with Crippen molar-refractivity contribution in [3.05, 3.63) is 59.2 Å². The Bertz CT molecular complexity index is 1200. The van der Waals surface area contributed by atoms with Gasteiger partial charge in [0.2, 0.25) is 0 Å². The summed E-state index contributed by atoms with van der Waals surface area (Å²) in [5, 5.41) is 14.5. The van der Waals surface area contributed by atoms with Crippen LogP contribution in [-0.2, 0) is 6.54 Å². The maximum atomic E-state index is 13.0. The van der Waals surface area contributed by atoms with E-state index in [-0.39, 0.29) is 17.8 Å². The van der Waals surface area contributed by atoms with Gasteiger partial charge in [-0.25, -0.2) is 0 Å². The second kappa shape index (κ2) is 11.3. The highest BCUT2D eigenvalue weighted by atomic mass is 16.3. The molecule has 2 aliphatic rings. The van der Waals surface area contributed by atoms with Gasteiger partial charge in [0.25, 0.3) is 5.91 Å². The van der Waals surface area contributed by atoms with Crippen LogP contribution in [0.25, 0.3) is 10.9 Å². The fraction of sp³-hybridized carbons (Fsp3) is 0.467. The zero-order chi connectivity index (χ0) is 24.9. The number of benzene rings is 2. The lowest BCUT2D eigenvalue weighted by molar-refractivity contribution is 0.0919. The lowest BCUT2D eigenvalue weighted by Gasteiger charge is -2.28. The van der Waals surface area contributed by atoms with Gasteiger partial charge in [-0.15, -0.1) is 0 Å². The topological polar surface area (TPSA) is 80.7 Å². The van der Waals surface area contributed by atoms with E-state index in [0.29, 0.717) is 17.0 Å². The van der Waals surface area contributed by atoms with E-state index in [1.165, 1.54) is 70.0 Å². The molecule has 3 aromatic rings. The Balaban J connectivity index is 1.28. The van der Waals surface area contributed by atoms with E-state index in [1.807, 2.05) is 30.3 Å². The molecule has 1 atom stereocenters. The quantitative estimate of drug-likeness (QED) is 0.342. The number of aromatic nitrogens is 1. The molecule has 2 fully saturated rings. The van der Waals surface area contributed by atoms with E-state index in [0.717, 1.165) is 23.1 Å². The van der Waals surface area contributed by atoms with Crippen molar-refractivity contribution < 1.29 is 9.90 Å². The van der Waals surface area contributed by atoms with Crippen molar-refractivity contribution in [2.24, 2.45) is 10.9 Å². The Kier molecular flexibility index (Phi) is 7.71. The van der Waals surface area contributed by atoms with E-state index in [4.69, 9.17) is 0 Å². The minimum Gasteiger partial charge on any atom is -0.494 e. The van der Waals surface area contributed by atoms with Crippen LogP contribution in [0.4, 0.5) is 5.69 Å². The van der Waals surface area contributed by atoms with Gasteiger partial charge in [-0.05, 0) is 87.5 Å². The summed E-state index contributed by atoms with van der Waals surface area (Å²) < 4.78 is 0. The molecule has 2 heterocycles. The normalized spacial score (nSPS) is 18.6. The van der Waals surface area contributed by atoms with Gasteiger partial charge >= 0.3 is 0 Å². The van der Waals surface area contributed by atoms with Gasteiger partial charge in [0, 0.05) is 35.3 Å². The van der Waals surface area contributed by atoms with Crippen LogP contribution in [0, 0.1) is 5.92 Å². The minimum atomic E-state index is -0.0668. The fourth-order valence-corrected chi connectivity index (χ4v) is 5.71. The van der Waals surface area contributed by atoms with Crippen LogP contribution in [0.3, 0.4) is 0 Å². The number of nitrogens with one attached hydrogen (secondary N) is 2. The van der Waals surface area contributed by atoms with Gasteiger partial charge in [-0.3, -0.25) is 14.7 Å². The summed E-state index contributed by atoms with van der Waals surface area (Å²) in [5.74, 6) is 0.545. The third-order valence-corrected chi connectivity index (χ3v) is 7.93. The second-order valence-corrected chi connectivity index (χ2v) is 10.6. The smallest absolute Gasteiger partial charge is 0.251 e. The summed E-state index contributed by atoms with van der Waals surface area (Å²) in [6.45, 7) is 5.46. The average Bonchev–Trinajstić information content (AvgIpc) is 3.23. The molecule has 6 heteroatoms. The molecule has 3 N–H and O–H groups in total. The predicted molar refractivity (Wildman–Crippen MR) is 146 cm³/mol. The number of aliphatic imine (C=N–C) groups is 1. The first kappa shape index (κ1) is 24.6. The molecule has 5 rings (SSSR count). The lowest BCUT2D eigenvalue weighted by Crippen LogP contribution is -2.38. The van der Waals surface area contributed by atoms with Crippen molar-refractivity contribution in [2.45, 2.75) is 70.9 Å². The van der Waals surface area contributed by atoms with Gasteiger partial charge in [0.15, 0.2) is 5.88 Å². The van der Waals surface area contributed by atoms with Gasteiger partial charge in [-0.2, -0.15) is 0 Å². The number of amides is 1. The third kappa shape index (κ3) is 5.81. The Hall–Kier alpha value is -3.12. The number of hydrogen-bond acceptors (Lipinski definition) is 4. The van der Waals surface area contributed by atoms with E-state index in [1.54, 1.807) is 6.21 Å². The molecule has 0 spiro atoms. The first-order valence-corrected chi connectivity index (χ1v) is 13.6. The third-order valence-electron chi connectivity index (χ3n) is 7.93. The maximum absolute atomic E-state index is 13.0. The highest BCUT2D eigenvalue weighted by Crippen LogP contribution is 2.29. The van der Waals surface area contributed by atoms with Crippen molar-refractivity contribution in [3.8, 4) is 5.88 Å². The molecule has 1 saturated heterocycles. The van der Waals surface area contributed by atoms with E-state index in [2.05, 4.69) is 39.2 Å². The molecule has 0 bridgehead atoms. The van der Waals surface area contributed by atoms with Crippen LogP contribution in [0.1, 0.15) is 79.8 Å². The molecule has 1 aromatic heterocycles. The van der Waals surface area contributed by atoms with E-state index < -0.39 is 0 Å². The Morgan fingerprint density at radius 3 is 2.56 bits per heavy atom. The van der Waals surface area contributed by atoms with Crippen molar-refractivity contribution in [1.29, 1.82) is 0 Å². The summed E-state index contributed by atoms with van der Waals surface area (Å²) in [5.41, 5.74) is 4.10. The van der Waals surface area contributed by atoms with Crippen molar-refractivity contribution in [2.75, 3.05) is 13.1 Å². The lowest BCUT2D eigenvalue weighted by atomic mass is 9.84. The zero-order valence-corrected chi connectivity index (χ0v) is 21.3. The van der Waals surface area contributed by atoms with Crippen LogP contribution >= 0.6 is 0 Å². The highest BCUT2D eigenvalue weighted by Gasteiger charge is 2.22. The van der Waals surface area contributed by atoms with Crippen LogP contribution in [0.2, 0.25) is 0 Å². The monoisotopic (exact) mass is 486 g/mol. The molecule has 1 amide bonds. The molecular weight excluding hydrogens is 448 g/mol. The number of carbonyl (C=O) groups is 1. The van der Waals surface area contributed by atoms with Gasteiger partial charge in [-0.1, -0.05) is 37.8 Å². The number of likely N-dealkylation sites (tertiary alicyclic amines) is 1. The molecule has 0 radical (unpaired) electrons. The van der Waals surface area contributed by atoms with Crippen molar-refractivity contribution >= 4 is 28.7 Å². The predicted octanol–water partition coefficient (Wildman–Crippen LogP) is 6.31. The zero-order valence-electron chi connectivity index (χ0n) is 21.3. The number of hydrogen-bond donors (Lipinski definition) is 3. The summed E-state index contributed by atoms with van der Waals surface area (Å²) in [4.78, 5) is 23.1. The van der Waals surface area contributed by atoms with Gasteiger partial charge < -0.3 is 15.4 Å². The SMILES string of the molecule is C[C@@H](NC(=O)c1ccc2[nH]c(O)c(C=Nc3ccc(CN4CCCCC4)cc3)c2c1)C1CCCCC1. The Labute approximate surface area is 213 Å². The van der Waals surface area contributed by atoms with Gasteiger partial charge in [0.05, 0.1) is 11.3 Å². The van der Waals surface area contributed by atoms with Crippen LogP contribution in [0.15, 0.2) is 47.5 Å². The maximum Gasteiger partial charge on any atom is 0.251 e.